The lowest BCUT2D eigenvalue weighted by atomic mass is 9.95. The van der Waals surface area contributed by atoms with E-state index < -0.39 is 0 Å². The van der Waals surface area contributed by atoms with Gasteiger partial charge in [0.25, 0.3) is 0 Å². The molecule has 0 saturated carbocycles. The van der Waals surface area contributed by atoms with Crippen LogP contribution in [0, 0.1) is 20.8 Å². The normalized spacial score (nSPS) is 10.8. The highest BCUT2D eigenvalue weighted by atomic mass is 16.5. The van der Waals surface area contributed by atoms with Gasteiger partial charge >= 0.3 is 0 Å². The molecular formula is C18H18N2O. The average Bonchev–Trinajstić information content (AvgIpc) is 2.81. The molecule has 0 unspecified atom stereocenters. The summed E-state index contributed by atoms with van der Waals surface area (Å²) in [6.07, 6.45) is 0. The van der Waals surface area contributed by atoms with Crippen molar-refractivity contribution < 1.29 is 4.52 Å². The van der Waals surface area contributed by atoms with Crippen molar-refractivity contribution in [1.82, 2.24) is 5.16 Å². The fourth-order valence-corrected chi connectivity index (χ4v) is 2.68. The van der Waals surface area contributed by atoms with Crippen LogP contribution < -0.4 is 5.73 Å². The number of nitrogens with two attached hydrogens (primary N) is 1. The third-order valence-electron chi connectivity index (χ3n) is 3.77. The smallest absolute Gasteiger partial charge is 0.230 e. The molecule has 0 aliphatic rings. The summed E-state index contributed by atoms with van der Waals surface area (Å²) < 4.78 is 5.27. The Morgan fingerprint density at radius 3 is 2.38 bits per heavy atom. The van der Waals surface area contributed by atoms with Gasteiger partial charge in [-0.1, -0.05) is 53.2 Å². The van der Waals surface area contributed by atoms with E-state index in [4.69, 9.17) is 10.3 Å². The van der Waals surface area contributed by atoms with Crippen LogP contribution in [0.5, 0.6) is 0 Å². The third kappa shape index (κ3) is 2.31. The van der Waals surface area contributed by atoms with E-state index in [1.54, 1.807) is 0 Å². The molecule has 106 valence electrons. The third-order valence-corrected chi connectivity index (χ3v) is 3.77. The Morgan fingerprint density at radius 1 is 0.905 bits per heavy atom. The van der Waals surface area contributed by atoms with E-state index >= 15 is 0 Å². The quantitative estimate of drug-likeness (QED) is 0.750. The largest absolute Gasteiger partial charge is 0.367 e. The Kier molecular flexibility index (Phi) is 3.26. The number of rotatable bonds is 2. The zero-order valence-corrected chi connectivity index (χ0v) is 12.5. The Morgan fingerprint density at radius 2 is 1.67 bits per heavy atom. The van der Waals surface area contributed by atoms with Crippen LogP contribution in [0.25, 0.3) is 22.4 Å². The molecule has 0 bridgehead atoms. The van der Waals surface area contributed by atoms with Gasteiger partial charge in [0.1, 0.15) is 5.69 Å². The fraction of sp³-hybridized carbons (Fsp3) is 0.167. The summed E-state index contributed by atoms with van der Waals surface area (Å²) in [7, 11) is 0. The first kappa shape index (κ1) is 13.4. The molecule has 1 heterocycles. The Balaban J connectivity index is 2.25. The molecule has 0 fully saturated rings. The summed E-state index contributed by atoms with van der Waals surface area (Å²) in [5.41, 5.74) is 13.4. The SMILES string of the molecule is Cc1ccc(-c2noc(N)c2-c2ccccc2C)c(C)c1. The number of nitrogens with zero attached hydrogens (tertiary/aromatic N) is 1. The Hall–Kier alpha value is -2.55. The van der Waals surface area contributed by atoms with Gasteiger partial charge in [0.2, 0.25) is 5.88 Å². The lowest BCUT2D eigenvalue weighted by Gasteiger charge is -2.08. The summed E-state index contributed by atoms with van der Waals surface area (Å²) in [6, 6.07) is 14.4. The number of benzene rings is 2. The van der Waals surface area contributed by atoms with Gasteiger partial charge in [-0.2, -0.15) is 0 Å². The molecule has 0 saturated heterocycles. The fourth-order valence-electron chi connectivity index (χ4n) is 2.68. The topological polar surface area (TPSA) is 52.0 Å². The number of nitrogen functional groups attached to an aromatic ring is 1. The van der Waals surface area contributed by atoms with Gasteiger partial charge < -0.3 is 10.3 Å². The van der Waals surface area contributed by atoms with Crippen LogP contribution in [-0.4, -0.2) is 5.16 Å². The van der Waals surface area contributed by atoms with Gasteiger partial charge in [-0.25, -0.2) is 0 Å². The number of hydrogen-bond acceptors (Lipinski definition) is 3. The van der Waals surface area contributed by atoms with Crippen molar-refractivity contribution in [1.29, 1.82) is 0 Å². The molecule has 2 N–H and O–H groups in total. The summed E-state index contributed by atoms with van der Waals surface area (Å²) in [4.78, 5) is 0. The van der Waals surface area contributed by atoms with Crippen molar-refractivity contribution in [3.63, 3.8) is 0 Å². The lowest BCUT2D eigenvalue weighted by molar-refractivity contribution is 0.439. The van der Waals surface area contributed by atoms with Crippen molar-refractivity contribution in [3.8, 4) is 22.4 Å². The van der Waals surface area contributed by atoms with E-state index in [-0.39, 0.29) is 0 Å². The molecule has 0 spiro atoms. The molecule has 0 aliphatic carbocycles. The van der Waals surface area contributed by atoms with E-state index in [9.17, 15) is 0 Å². The molecular weight excluding hydrogens is 260 g/mol. The second kappa shape index (κ2) is 5.09. The van der Waals surface area contributed by atoms with Gasteiger partial charge in [-0.3, -0.25) is 0 Å². The monoisotopic (exact) mass is 278 g/mol. The molecule has 2 aromatic carbocycles. The summed E-state index contributed by atoms with van der Waals surface area (Å²) in [6.45, 7) is 6.22. The van der Waals surface area contributed by atoms with Crippen LogP contribution in [0.3, 0.4) is 0 Å². The number of aryl methyl sites for hydroxylation is 3. The minimum absolute atomic E-state index is 0.360. The molecule has 1 aromatic heterocycles. The van der Waals surface area contributed by atoms with Crippen molar-refractivity contribution in [2.75, 3.05) is 5.73 Å². The van der Waals surface area contributed by atoms with Crippen LogP contribution >= 0.6 is 0 Å². The van der Waals surface area contributed by atoms with Crippen LogP contribution in [-0.2, 0) is 0 Å². The van der Waals surface area contributed by atoms with E-state index in [0.29, 0.717) is 5.88 Å². The van der Waals surface area contributed by atoms with Gasteiger partial charge in [-0.05, 0) is 37.5 Å². The molecule has 0 atom stereocenters. The van der Waals surface area contributed by atoms with Gasteiger partial charge in [0.05, 0.1) is 5.56 Å². The highest BCUT2D eigenvalue weighted by Gasteiger charge is 2.19. The molecule has 3 heteroatoms. The highest BCUT2D eigenvalue weighted by molar-refractivity contribution is 5.89. The standard InChI is InChI=1S/C18H18N2O/c1-11-8-9-15(13(3)10-11)17-16(18(19)21-20-17)14-7-5-4-6-12(14)2/h4-10H,19H2,1-3H3. The van der Waals surface area contributed by atoms with Crippen molar-refractivity contribution in [2.24, 2.45) is 0 Å². The summed E-state index contributed by atoms with van der Waals surface area (Å²) in [5, 5.41) is 4.19. The Bertz CT molecular complexity index is 803. The number of hydrogen-bond donors (Lipinski definition) is 1. The number of aromatic nitrogens is 1. The summed E-state index contributed by atoms with van der Waals surface area (Å²) >= 11 is 0. The van der Waals surface area contributed by atoms with E-state index in [2.05, 4.69) is 50.2 Å². The first-order chi connectivity index (χ1) is 10.1. The lowest BCUT2D eigenvalue weighted by Crippen LogP contribution is -1.92. The van der Waals surface area contributed by atoms with E-state index in [1.165, 1.54) is 5.56 Å². The second-order valence-corrected chi connectivity index (χ2v) is 5.40. The van der Waals surface area contributed by atoms with Gasteiger partial charge in [0, 0.05) is 5.56 Å². The maximum atomic E-state index is 6.03. The van der Waals surface area contributed by atoms with Gasteiger partial charge in [0.15, 0.2) is 0 Å². The van der Waals surface area contributed by atoms with Crippen LogP contribution in [0.4, 0.5) is 5.88 Å². The van der Waals surface area contributed by atoms with Crippen LogP contribution in [0.2, 0.25) is 0 Å². The van der Waals surface area contributed by atoms with E-state index in [1.807, 2.05) is 18.2 Å². The zero-order chi connectivity index (χ0) is 15.0. The Labute approximate surface area is 124 Å². The van der Waals surface area contributed by atoms with Gasteiger partial charge in [-0.15, -0.1) is 0 Å². The van der Waals surface area contributed by atoms with Crippen molar-refractivity contribution >= 4 is 5.88 Å². The predicted molar refractivity (Wildman–Crippen MR) is 86.0 cm³/mol. The average molecular weight is 278 g/mol. The molecule has 3 aromatic rings. The first-order valence-electron chi connectivity index (χ1n) is 6.96. The molecule has 3 nitrogen and oxygen atoms in total. The van der Waals surface area contributed by atoms with Crippen LogP contribution in [0.1, 0.15) is 16.7 Å². The molecule has 0 aliphatic heterocycles. The van der Waals surface area contributed by atoms with Crippen molar-refractivity contribution in [2.45, 2.75) is 20.8 Å². The van der Waals surface area contributed by atoms with E-state index in [0.717, 1.165) is 33.5 Å². The van der Waals surface area contributed by atoms with Crippen molar-refractivity contribution in [3.05, 3.63) is 59.2 Å². The molecule has 0 amide bonds. The van der Waals surface area contributed by atoms with Crippen LogP contribution in [0.15, 0.2) is 47.0 Å². The molecule has 3 rings (SSSR count). The summed E-state index contributed by atoms with van der Waals surface area (Å²) in [5.74, 6) is 0.360. The minimum Gasteiger partial charge on any atom is -0.367 e. The highest BCUT2D eigenvalue weighted by Crippen LogP contribution is 2.38. The number of anilines is 1. The first-order valence-corrected chi connectivity index (χ1v) is 6.96. The second-order valence-electron chi connectivity index (χ2n) is 5.40. The predicted octanol–water partition coefficient (Wildman–Crippen LogP) is 4.52. The maximum Gasteiger partial charge on any atom is 0.230 e. The maximum absolute atomic E-state index is 6.03. The zero-order valence-electron chi connectivity index (χ0n) is 12.5. The molecule has 21 heavy (non-hydrogen) atoms. The minimum atomic E-state index is 0.360. The molecule has 0 radical (unpaired) electrons.